The average molecular weight is 564 g/mol. The summed E-state index contributed by atoms with van der Waals surface area (Å²) in [6, 6.07) is 7.10. The average Bonchev–Trinajstić information content (AvgIpc) is 3.31. The van der Waals surface area contributed by atoms with E-state index in [9.17, 15) is 17.6 Å². The summed E-state index contributed by atoms with van der Waals surface area (Å²) in [6.45, 7) is 3.94. The van der Waals surface area contributed by atoms with Gasteiger partial charge in [0.2, 0.25) is 0 Å². The Hall–Kier alpha value is -2.73. The van der Waals surface area contributed by atoms with Crippen molar-refractivity contribution in [3.05, 3.63) is 57.9 Å². The Morgan fingerprint density at radius 2 is 2.03 bits per heavy atom. The molecule has 204 valence electrons. The molecule has 38 heavy (non-hydrogen) atoms. The number of benzene rings is 2. The third-order valence-corrected chi connectivity index (χ3v) is 9.78. The van der Waals surface area contributed by atoms with Crippen LogP contribution < -0.4 is 20.3 Å². The molecule has 1 spiro atoms. The van der Waals surface area contributed by atoms with E-state index in [0.717, 1.165) is 55.6 Å². The Morgan fingerprint density at radius 3 is 2.76 bits per heavy atom. The minimum atomic E-state index is -3.88. The first-order valence-corrected chi connectivity index (χ1v) is 14.6. The number of ether oxygens (including phenoxy) is 1. The molecule has 1 atom stereocenters. The van der Waals surface area contributed by atoms with Crippen LogP contribution in [0.1, 0.15) is 45.1 Å². The van der Waals surface area contributed by atoms with Gasteiger partial charge < -0.3 is 10.1 Å². The van der Waals surface area contributed by atoms with E-state index >= 15 is 0 Å². The fourth-order valence-corrected chi connectivity index (χ4v) is 6.71. The van der Waals surface area contributed by atoms with Gasteiger partial charge in [-0.3, -0.25) is 14.1 Å². The molecular formula is C26H31ClFN5O4S. The summed E-state index contributed by atoms with van der Waals surface area (Å²) < 4.78 is 50.5. The number of nitrogens with one attached hydrogen (secondary N) is 2. The van der Waals surface area contributed by atoms with Gasteiger partial charge in [0.05, 0.1) is 22.9 Å². The van der Waals surface area contributed by atoms with E-state index < -0.39 is 16.0 Å². The van der Waals surface area contributed by atoms with Crippen LogP contribution in [-0.4, -0.2) is 49.0 Å². The standard InChI is InChI=1S/C26H31ClFN5O4S/c1-3-32(2)38(35,36)31-22-7-5-20(28)24(23(22)27)37-18-4-6-21-19(14-18)25(34)33(16-30-21)17-8-9-26(15-17)10-12-29-13-11-26/h4-7,14,16-17,29,31H,3,8-13,15H2,1-2H3. The Balaban J connectivity index is 1.44. The lowest BCUT2D eigenvalue weighted by atomic mass is 9.77. The van der Waals surface area contributed by atoms with Gasteiger partial charge in [-0.2, -0.15) is 12.7 Å². The summed E-state index contributed by atoms with van der Waals surface area (Å²) in [7, 11) is -2.47. The zero-order valence-corrected chi connectivity index (χ0v) is 22.9. The molecule has 1 saturated heterocycles. The Morgan fingerprint density at radius 1 is 1.26 bits per heavy atom. The highest BCUT2D eigenvalue weighted by atomic mass is 35.5. The number of fused-ring (bicyclic) bond motifs is 1. The number of hydrogen-bond donors (Lipinski definition) is 2. The van der Waals surface area contributed by atoms with Gasteiger partial charge in [-0.15, -0.1) is 0 Å². The minimum Gasteiger partial charge on any atom is -0.453 e. The number of aromatic nitrogens is 2. The maximum Gasteiger partial charge on any atom is 0.301 e. The van der Waals surface area contributed by atoms with E-state index in [1.807, 2.05) is 0 Å². The van der Waals surface area contributed by atoms with E-state index in [1.165, 1.54) is 19.2 Å². The van der Waals surface area contributed by atoms with Crippen LogP contribution in [0.5, 0.6) is 11.5 Å². The van der Waals surface area contributed by atoms with Crippen molar-refractivity contribution in [1.82, 2.24) is 19.2 Å². The summed E-state index contributed by atoms with van der Waals surface area (Å²) >= 11 is 6.36. The van der Waals surface area contributed by atoms with Gasteiger partial charge >= 0.3 is 10.2 Å². The number of piperidine rings is 1. The number of rotatable bonds is 7. The molecule has 2 aliphatic rings. The molecular weight excluding hydrogens is 533 g/mol. The molecule has 2 fully saturated rings. The lowest BCUT2D eigenvalue weighted by molar-refractivity contribution is 0.201. The fourth-order valence-electron chi connectivity index (χ4n) is 5.47. The lowest BCUT2D eigenvalue weighted by Crippen LogP contribution is -2.35. The smallest absolute Gasteiger partial charge is 0.301 e. The van der Waals surface area contributed by atoms with Crippen molar-refractivity contribution in [3.63, 3.8) is 0 Å². The summed E-state index contributed by atoms with van der Waals surface area (Å²) in [6.07, 6.45) is 6.84. The van der Waals surface area contributed by atoms with E-state index in [2.05, 4.69) is 15.0 Å². The topological polar surface area (TPSA) is 106 Å². The quantitative estimate of drug-likeness (QED) is 0.432. The van der Waals surface area contributed by atoms with E-state index in [-0.39, 0.29) is 45.8 Å². The predicted molar refractivity (Wildman–Crippen MR) is 146 cm³/mol. The van der Waals surface area contributed by atoms with Crippen LogP contribution in [0.4, 0.5) is 10.1 Å². The van der Waals surface area contributed by atoms with E-state index in [1.54, 1.807) is 30.0 Å². The highest BCUT2D eigenvalue weighted by molar-refractivity contribution is 7.90. The first-order valence-electron chi connectivity index (χ1n) is 12.7. The number of hydrogen-bond acceptors (Lipinski definition) is 6. The van der Waals surface area contributed by atoms with Crippen molar-refractivity contribution in [2.45, 2.75) is 45.1 Å². The third-order valence-electron chi connectivity index (χ3n) is 7.85. The molecule has 1 aliphatic heterocycles. The maximum absolute atomic E-state index is 14.7. The molecule has 1 unspecified atom stereocenters. The summed E-state index contributed by atoms with van der Waals surface area (Å²) in [5.41, 5.74) is 0.583. The molecule has 12 heteroatoms. The summed E-state index contributed by atoms with van der Waals surface area (Å²) in [5, 5.41) is 3.54. The van der Waals surface area contributed by atoms with Crippen molar-refractivity contribution in [1.29, 1.82) is 0 Å². The van der Waals surface area contributed by atoms with Crippen molar-refractivity contribution in [2.24, 2.45) is 5.41 Å². The molecule has 2 aromatic carbocycles. The largest absolute Gasteiger partial charge is 0.453 e. The van der Waals surface area contributed by atoms with Crippen molar-refractivity contribution in [2.75, 3.05) is 31.4 Å². The van der Waals surface area contributed by atoms with E-state index in [0.29, 0.717) is 10.9 Å². The molecule has 1 saturated carbocycles. The van der Waals surface area contributed by atoms with Crippen LogP contribution >= 0.6 is 11.6 Å². The molecule has 1 aromatic heterocycles. The molecule has 5 rings (SSSR count). The second kappa shape index (κ2) is 10.4. The van der Waals surface area contributed by atoms with Gasteiger partial charge in [-0.05, 0) is 80.9 Å². The number of anilines is 1. The number of halogens is 2. The van der Waals surface area contributed by atoms with Gasteiger partial charge in [-0.1, -0.05) is 18.5 Å². The van der Waals surface area contributed by atoms with Gasteiger partial charge in [-0.25, -0.2) is 9.37 Å². The van der Waals surface area contributed by atoms with Gasteiger partial charge in [0.25, 0.3) is 5.56 Å². The molecule has 0 radical (unpaired) electrons. The molecule has 9 nitrogen and oxygen atoms in total. The van der Waals surface area contributed by atoms with Crippen molar-refractivity contribution >= 4 is 38.4 Å². The lowest BCUT2D eigenvalue weighted by Gasteiger charge is -2.34. The van der Waals surface area contributed by atoms with Crippen molar-refractivity contribution in [3.8, 4) is 11.5 Å². The van der Waals surface area contributed by atoms with Gasteiger partial charge in [0, 0.05) is 19.6 Å². The Labute approximate surface area is 226 Å². The van der Waals surface area contributed by atoms with Crippen LogP contribution in [0, 0.1) is 11.2 Å². The van der Waals surface area contributed by atoms with Crippen LogP contribution in [0.15, 0.2) is 41.5 Å². The van der Waals surface area contributed by atoms with Crippen LogP contribution in [-0.2, 0) is 10.2 Å². The summed E-state index contributed by atoms with van der Waals surface area (Å²) in [5.74, 6) is -0.941. The monoisotopic (exact) mass is 563 g/mol. The molecule has 3 aromatic rings. The molecule has 2 N–H and O–H groups in total. The van der Waals surface area contributed by atoms with Gasteiger partial charge in [0.1, 0.15) is 10.8 Å². The summed E-state index contributed by atoms with van der Waals surface area (Å²) in [4.78, 5) is 18.0. The molecule has 1 aliphatic carbocycles. The van der Waals surface area contributed by atoms with Gasteiger partial charge in [0.15, 0.2) is 11.6 Å². The predicted octanol–water partition coefficient (Wildman–Crippen LogP) is 4.68. The van der Waals surface area contributed by atoms with Crippen LogP contribution in [0.25, 0.3) is 10.9 Å². The van der Waals surface area contributed by atoms with Crippen molar-refractivity contribution < 1.29 is 17.5 Å². The fraction of sp³-hybridized carbons (Fsp3) is 0.462. The maximum atomic E-state index is 14.7. The number of nitrogens with zero attached hydrogens (tertiary/aromatic N) is 3. The highest BCUT2D eigenvalue weighted by Crippen LogP contribution is 2.49. The third kappa shape index (κ3) is 5.12. The van der Waals surface area contributed by atoms with Crippen LogP contribution in [0.2, 0.25) is 5.02 Å². The van der Waals surface area contributed by atoms with Crippen LogP contribution in [0.3, 0.4) is 0 Å². The second-order valence-corrected chi connectivity index (χ2v) is 12.3. The Bertz CT molecular complexity index is 1520. The second-order valence-electron chi connectivity index (χ2n) is 10.1. The highest BCUT2D eigenvalue weighted by Gasteiger charge is 2.40. The first-order chi connectivity index (χ1) is 18.1. The minimum absolute atomic E-state index is 0.0266. The zero-order valence-electron chi connectivity index (χ0n) is 21.3. The zero-order chi connectivity index (χ0) is 27.1. The normalized spacial score (nSPS) is 19.3. The Kier molecular flexibility index (Phi) is 7.38. The molecule has 2 heterocycles. The molecule has 0 bridgehead atoms. The SMILES string of the molecule is CCN(C)S(=O)(=O)Nc1ccc(F)c(Oc2ccc3ncn(C4CCC5(CCNCC5)C4)c(=O)c3c2)c1Cl. The molecule has 0 amide bonds. The first kappa shape index (κ1) is 26.9. The van der Waals surface area contributed by atoms with E-state index in [4.69, 9.17) is 16.3 Å².